The van der Waals surface area contributed by atoms with Crippen molar-refractivity contribution in [3.05, 3.63) is 36.0 Å². The second kappa shape index (κ2) is 3.23. The van der Waals surface area contributed by atoms with Crippen LogP contribution < -0.4 is 5.73 Å². The van der Waals surface area contributed by atoms with E-state index in [1.807, 2.05) is 6.07 Å². The summed E-state index contributed by atoms with van der Waals surface area (Å²) in [7, 11) is 0. The standard InChI is InChI=1S/C10H7N3O/c11-5-7-1-3-8(4-2-7)9-6-13-10(12)14-9/h1-4,6H,(H2,12,13). The van der Waals surface area contributed by atoms with E-state index in [2.05, 4.69) is 4.98 Å². The van der Waals surface area contributed by atoms with Crippen LogP contribution in [0.4, 0.5) is 6.01 Å². The van der Waals surface area contributed by atoms with Gasteiger partial charge in [0.05, 0.1) is 17.8 Å². The number of nitrogens with zero attached hydrogens (tertiary/aromatic N) is 2. The molecule has 0 atom stereocenters. The van der Waals surface area contributed by atoms with E-state index in [1.54, 1.807) is 30.5 Å². The summed E-state index contributed by atoms with van der Waals surface area (Å²) in [6.07, 6.45) is 1.55. The van der Waals surface area contributed by atoms with Crippen molar-refractivity contribution in [3.63, 3.8) is 0 Å². The number of oxazole rings is 1. The molecule has 14 heavy (non-hydrogen) atoms. The molecule has 0 aliphatic heterocycles. The average Bonchev–Trinajstić information content (AvgIpc) is 2.65. The number of benzene rings is 1. The maximum absolute atomic E-state index is 8.60. The third-order valence-electron chi connectivity index (χ3n) is 1.82. The lowest BCUT2D eigenvalue weighted by molar-refractivity contribution is 0.595. The molecule has 0 radical (unpaired) electrons. The molecule has 0 spiro atoms. The molecule has 0 aliphatic rings. The molecule has 0 saturated heterocycles. The number of hydrogen-bond acceptors (Lipinski definition) is 4. The second-order valence-corrected chi connectivity index (χ2v) is 2.75. The van der Waals surface area contributed by atoms with Crippen LogP contribution in [0.2, 0.25) is 0 Å². The molecule has 0 saturated carbocycles. The lowest BCUT2D eigenvalue weighted by Crippen LogP contribution is -1.80. The van der Waals surface area contributed by atoms with Crippen molar-refractivity contribution in [2.24, 2.45) is 0 Å². The Labute approximate surface area is 80.6 Å². The summed E-state index contributed by atoms with van der Waals surface area (Å²) in [5.41, 5.74) is 6.81. The molecule has 0 unspecified atom stereocenters. The summed E-state index contributed by atoms with van der Waals surface area (Å²) in [6.45, 7) is 0. The van der Waals surface area contributed by atoms with Gasteiger partial charge >= 0.3 is 0 Å². The van der Waals surface area contributed by atoms with E-state index < -0.39 is 0 Å². The zero-order chi connectivity index (χ0) is 9.97. The molecule has 4 heteroatoms. The van der Waals surface area contributed by atoms with Crippen LogP contribution in [0.3, 0.4) is 0 Å². The van der Waals surface area contributed by atoms with E-state index in [-0.39, 0.29) is 6.01 Å². The Balaban J connectivity index is 2.39. The lowest BCUT2D eigenvalue weighted by Gasteiger charge is -1.94. The quantitative estimate of drug-likeness (QED) is 0.734. The number of nitrogen functional groups attached to an aromatic ring is 1. The van der Waals surface area contributed by atoms with Gasteiger partial charge < -0.3 is 10.2 Å². The highest BCUT2D eigenvalue weighted by molar-refractivity contribution is 5.58. The summed E-state index contributed by atoms with van der Waals surface area (Å²) < 4.78 is 5.13. The van der Waals surface area contributed by atoms with Gasteiger partial charge in [-0.05, 0) is 24.3 Å². The summed E-state index contributed by atoms with van der Waals surface area (Å²) in [5, 5.41) is 8.60. The van der Waals surface area contributed by atoms with Crippen LogP contribution in [-0.4, -0.2) is 4.98 Å². The first-order valence-electron chi connectivity index (χ1n) is 4.01. The van der Waals surface area contributed by atoms with Crippen LogP contribution in [0, 0.1) is 11.3 Å². The number of nitriles is 1. The minimum atomic E-state index is 0.143. The minimum absolute atomic E-state index is 0.143. The van der Waals surface area contributed by atoms with Crippen LogP contribution in [0.1, 0.15) is 5.56 Å². The fourth-order valence-electron chi connectivity index (χ4n) is 1.13. The van der Waals surface area contributed by atoms with Gasteiger partial charge in [0.15, 0.2) is 5.76 Å². The highest BCUT2D eigenvalue weighted by Crippen LogP contribution is 2.21. The number of rotatable bonds is 1. The molecule has 0 amide bonds. The van der Waals surface area contributed by atoms with Crippen molar-refractivity contribution in [2.75, 3.05) is 5.73 Å². The van der Waals surface area contributed by atoms with Crippen molar-refractivity contribution < 1.29 is 4.42 Å². The fourth-order valence-corrected chi connectivity index (χ4v) is 1.13. The molecule has 1 aromatic heterocycles. The normalized spacial score (nSPS) is 9.64. The maximum Gasteiger partial charge on any atom is 0.292 e. The van der Waals surface area contributed by atoms with Crippen molar-refractivity contribution in [3.8, 4) is 17.4 Å². The largest absolute Gasteiger partial charge is 0.424 e. The Hall–Kier alpha value is -2.28. The number of aromatic nitrogens is 1. The first kappa shape index (κ1) is 8.32. The molecule has 68 valence electrons. The average molecular weight is 185 g/mol. The second-order valence-electron chi connectivity index (χ2n) is 2.75. The van der Waals surface area contributed by atoms with Gasteiger partial charge in [-0.25, -0.2) is 4.98 Å². The number of nitrogens with two attached hydrogens (primary N) is 1. The predicted octanol–water partition coefficient (Wildman–Crippen LogP) is 1.80. The summed E-state index contributed by atoms with van der Waals surface area (Å²) in [5.74, 6) is 0.604. The molecule has 1 aromatic carbocycles. The molecule has 1 heterocycles. The van der Waals surface area contributed by atoms with Gasteiger partial charge in [0, 0.05) is 5.56 Å². The summed E-state index contributed by atoms with van der Waals surface area (Å²) in [4.78, 5) is 3.78. The smallest absolute Gasteiger partial charge is 0.292 e. The van der Waals surface area contributed by atoms with Crippen molar-refractivity contribution >= 4 is 6.01 Å². The molecule has 4 nitrogen and oxygen atoms in total. The highest BCUT2D eigenvalue weighted by Gasteiger charge is 2.03. The van der Waals surface area contributed by atoms with E-state index in [0.717, 1.165) is 5.56 Å². The fraction of sp³-hybridized carbons (Fsp3) is 0. The highest BCUT2D eigenvalue weighted by atomic mass is 16.4. The van der Waals surface area contributed by atoms with E-state index in [1.165, 1.54) is 0 Å². The van der Waals surface area contributed by atoms with Crippen molar-refractivity contribution in [1.29, 1.82) is 5.26 Å². The third-order valence-corrected chi connectivity index (χ3v) is 1.82. The van der Waals surface area contributed by atoms with E-state index in [4.69, 9.17) is 15.4 Å². The zero-order valence-corrected chi connectivity index (χ0v) is 7.27. The van der Waals surface area contributed by atoms with Crippen LogP contribution in [0.5, 0.6) is 0 Å². The van der Waals surface area contributed by atoms with Gasteiger partial charge in [0.1, 0.15) is 0 Å². The van der Waals surface area contributed by atoms with Crippen LogP contribution >= 0.6 is 0 Å². The van der Waals surface area contributed by atoms with Crippen LogP contribution in [-0.2, 0) is 0 Å². The van der Waals surface area contributed by atoms with E-state index in [0.29, 0.717) is 11.3 Å². The number of anilines is 1. The zero-order valence-electron chi connectivity index (χ0n) is 7.27. The van der Waals surface area contributed by atoms with Gasteiger partial charge in [-0.3, -0.25) is 0 Å². The Morgan fingerprint density at radius 3 is 2.50 bits per heavy atom. The first-order valence-corrected chi connectivity index (χ1v) is 4.01. The van der Waals surface area contributed by atoms with Crippen molar-refractivity contribution in [1.82, 2.24) is 4.98 Å². The van der Waals surface area contributed by atoms with Gasteiger partial charge in [-0.15, -0.1) is 0 Å². The van der Waals surface area contributed by atoms with Gasteiger partial charge in [0.25, 0.3) is 6.01 Å². The molecule has 0 bridgehead atoms. The topological polar surface area (TPSA) is 75.8 Å². The number of hydrogen-bond donors (Lipinski definition) is 1. The van der Waals surface area contributed by atoms with Gasteiger partial charge in [-0.2, -0.15) is 5.26 Å². The van der Waals surface area contributed by atoms with Crippen LogP contribution in [0.15, 0.2) is 34.9 Å². The minimum Gasteiger partial charge on any atom is -0.424 e. The van der Waals surface area contributed by atoms with Gasteiger partial charge in [-0.1, -0.05) is 0 Å². The first-order chi connectivity index (χ1) is 6.79. The predicted molar refractivity (Wildman–Crippen MR) is 51.1 cm³/mol. The van der Waals surface area contributed by atoms with Gasteiger partial charge in [0.2, 0.25) is 0 Å². The Morgan fingerprint density at radius 1 is 1.29 bits per heavy atom. The molecular formula is C10H7N3O. The molecule has 0 fully saturated rings. The Kier molecular flexibility index (Phi) is 1.92. The summed E-state index contributed by atoms with van der Waals surface area (Å²) >= 11 is 0. The SMILES string of the molecule is N#Cc1ccc(-c2cnc(N)o2)cc1. The maximum atomic E-state index is 8.60. The Morgan fingerprint density at radius 2 is 2.00 bits per heavy atom. The summed E-state index contributed by atoms with van der Waals surface area (Å²) in [6, 6.07) is 9.20. The molecule has 2 N–H and O–H groups in total. The van der Waals surface area contributed by atoms with E-state index in [9.17, 15) is 0 Å². The monoisotopic (exact) mass is 185 g/mol. The molecular weight excluding hydrogens is 178 g/mol. The Bertz CT molecular complexity index is 479. The lowest BCUT2D eigenvalue weighted by atomic mass is 10.1. The van der Waals surface area contributed by atoms with Crippen molar-refractivity contribution in [2.45, 2.75) is 0 Å². The molecule has 2 rings (SSSR count). The van der Waals surface area contributed by atoms with E-state index >= 15 is 0 Å². The molecule has 2 aromatic rings. The van der Waals surface area contributed by atoms with Crippen LogP contribution in [0.25, 0.3) is 11.3 Å². The third kappa shape index (κ3) is 1.43. The molecule has 0 aliphatic carbocycles.